The van der Waals surface area contributed by atoms with Crippen LogP contribution in [-0.2, 0) is 6.42 Å². The molecule has 0 atom stereocenters. The Morgan fingerprint density at radius 2 is 1.22 bits per heavy atom. The van der Waals surface area contributed by atoms with Crippen molar-refractivity contribution in [2.24, 2.45) is 0 Å². The van der Waals surface area contributed by atoms with Gasteiger partial charge in [-0.3, -0.25) is 9.59 Å². The molecule has 0 saturated heterocycles. The molecular formula is C32H25NO3. The highest BCUT2D eigenvalue weighted by atomic mass is 16.3. The van der Waals surface area contributed by atoms with E-state index >= 15 is 0 Å². The average Bonchev–Trinajstić information content (AvgIpc) is 3.21. The van der Waals surface area contributed by atoms with Crippen LogP contribution in [0.25, 0.3) is 16.9 Å². The van der Waals surface area contributed by atoms with Crippen LogP contribution in [0, 0.1) is 6.92 Å². The summed E-state index contributed by atoms with van der Waals surface area (Å²) in [5.41, 5.74) is 4.75. The Kier molecular flexibility index (Phi) is 6.33. The van der Waals surface area contributed by atoms with E-state index in [1.54, 1.807) is 36.4 Å². The molecule has 1 heterocycles. The number of carbonyl (C=O) groups excluding carboxylic acids is 2. The van der Waals surface area contributed by atoms with Crippen molar-refractivity contribution in [3.8, 4) is 22.7 Å². The van der Waals surface area contributed by atoms with Crippen molar-refractivity contribution < 1.29 is 14.7 Å². The van der Waals surface area contributed by atoms with Gasteiger partial charge in [-0.2, -0.15) is 0 Å². The van der Waals surface area contributed by atoms with Gasteiger partial charge in [-0.1, -0.05) is 109 Å². The van der Waals surface area contributed by atoms with Gasteiger partial charge < -0.3 is 9.67 Å². The highest BCUT2D eigenvalue weighted by molar-refractivity contribution is 6.15. The van der Waals surface area contributed by atoms with Crippen molar-refractivity contribution >= 4 is 11.6 Å². The number of Topliss-reactive ketones (excluding diaryl/α,β-unsaturated/α-hetero) is 1. The van der Waals surface area contributed by atoms with E-state index in [4.69, 9.17) is 0 Å². The van der Waals surface area contributed by atoms with E-state index in [1.807, 2.05) is 90.4 Å². The quantitative estimate of drug-likeness (QED) is 0.265. The Morgan fingerprint density at radius 3 is 1.81 bits per heavy atom. The number of hydrogen-bond donors (Lipinski definition) is 1. The molecule has 4 aromatic carbocycles. The second-order valence-corrected chi connectivity index (χ2v) is 8.72. The number of aryl methyl sites for hydroxylation is 1. The largest absolute Gasteiger partial charge is 0.505 e. The molecule has 0 bridgehead atoms. The summed E-state index contributed by atoms with van der Waals surface area (Å²) in [4.78, 5) is 27.1. The van der Waals surface area contributed by atoms with Gasteiger partial charge >= 0.3 is 0 Å². The summed E-state index contributed by atoms with van der Waals surface area (Å²) in [6.07, 6.45) is -0.0639. The standard InChI is InChI=1S/C32H25NO3/c1-22-17-19-26(20-18-22)33-27(21-28(34)23-11-5-2-6-12-23)32(36)29(30(33)24-13-7-3-8-14-24)31(35)25-15-9-4-10-16-25/h2-20,36H,21H2,1H3. The van der Waals surface area contributed by atoms with Gasteiger partial charge in [0.05, 0.1) is 23.4 Å². The minimum atomic E-state index is -0.300. The second-order valence-electron chi connectivity index (χ2n) is 8.72. The van der Waals surface area contributed by atoms with E-state index in [-0.39, 0.29) is 29.3 Å². The van der Waals surface area contributed by atoms with Crippen LogP contribution >= 0.6 is 0 Å². The van der Waals surface area contributed by atoms with E-state index < -0.39 is 0 Å². The predicted molar refractivity (Wildman–Crippen MR) is 142 cm³/mol. The Morgan fingerprint density at radius 1 is 0.694 bits per heavy atom. The third-order valence-corrected chi connectivity index (χ3v) is 6.27. The minimum Gasteiger partial charge on any atom is -0.505 e. The Bertz CT molecular complexity index is 1520. The first-order valence-corrected chi connectivity index (χ1v) is 11.8. The molecule has 5 aromatic rings. The molecule has 0 saturated carbocycles. The predicted octanol–water partition coefficient (Wildman–Crippen LogP) is 6.81. The van der Waals surface area contributed by atoms with Crippen molar-refractivity contribution in [3.05, 3.63) is 143 Å². The van der Waals surface area contributed by atoms with Gasteiger partial charge in [0.15, 0.2) is 11.6 Å². The molecule has 0 aliphatic heterocycles. The average molecular weight is 472 g/mol. The lowest BCUT2D eigenvalue weighted by atomic mass is 9.98. The van der Waals surface area contributed by atoms with Crippen LogP contribution < -0.4 is 0 Å². The summed E-state index contributed by atoms with van der Waals surface area (Å²) in [5.74, 6) is -0.617. The first kappa shape index (κ1) is 23.1. The van der Waals surface area contributed by atoms with E-state index in [1.165, 1.54) is 0 Å². The molecule has 0 aliphatic carbocycles. The molecule has 176 valence electrons. The van der Waals surface area contributed by atoms with Gasteiger partial charge in [0, 0.05) is 16.8 Å². The molecule has 4 heteroatoms. The lowest BCUT2D eigenvalue weighted by molar-refractivity contribution is 0.0987. The summed E-state index contributed by atoms with van der Waals surface area (Å²) in [5, 5.41) is 11.6. The first-order chi connectivity index (χ1) is 17.5. The van der Waals surface area contributed by atoms with E-state index in [0.717, 1.165) is 16.8 Å². The number of rotatable bonds is 7. The second kappa shape index (κ2) is 9.88. The monoisotopic (exact) mass is 471 g/mol. The van der Waals surface area contributed by atoms with E-state index in [9.17, 15) is 14.7 Å². The molecule has 0 aliphatic rings. The molecule has 0 amide bonds. The Labute approximate surface area is 210 Å². The van der Waals surface area contributed by atoms with Crippen LogP contribution in [0.1, 0.15) is 37.5 Å². The Hall–Kier alpha value is -4.70. The molecule has 1 aromatic heterocycles. The van der Waals surface area contributed by atoms with Crippen LogP contribution in [0.15, 0.2) is 115 Å². The molecule has 0 unspecified atom stereocenters. The highest BCUT2D eigenvalue weighted by Crippen LogP contribution is 2.40. The lowest BCUT2D eigenvalue weighted by Crippen LogP contribution is -2.09. The molecule has 0 fully saturated rings. The van der Waals surface area contributed by atoms with E-state index in [0.29, 0.717) is 22.5 Å². The highest BCUT2D eigenvalue weighted by Gasteiger charge is 2.30. The molecule has 5 rings (SSSR count). The molecule has 0 spiro atoms. The fraction of sp³-hybridized carbons (Fsp3) is 0.0625. The summed E-state index contributed by atoms with van der Waals surface area (Å²) in [7, 11) is 0. The maximum Gasteiger partial charge on any atom is 0.198 e. The van der Waals surface area contributed by atoms with Gasteiger partial charge in [0.2, 0.25) is 0 Å². The fourth-order valence-corrected chi connectivity index (χ4v) is 4.45. The van der Waals surface area contributed by atoms with Crippen molar-refractivity contribution in [1.82, 2.24) is 4.57 Å². The number of aromatic nitrogens is 1. The lowest BCUT2D eigenvalue weighted by Gasteiger charge is -2.15. The number of carbonyl (C=O) groups is 2. The molecule has 0 radical (unpaired) electrons. The summed E-state index contributed by atoms with van der Waals surface area (Å²) >= 11 is 0. The maximum absolute atomic E-state index is 13.8. The Balaban J connectivity index is 1.79. The SMILES string of the molecule is Cc1ccc(-n2c(CC(=O)c3ccccc3)c(O)c(C(=O)c3ccccc3)c2-c2ccccc2)cc1. The van der Waals surface area contributed by atoms with Crippen molar-refractivity contribution in [1.29, 1.82) is 0 Å². The number of benzene rings is 4. The zero-order valence-electron chi connectivity index (χ0n) is 19.9. The summed E-state index contributed by atoms with van der Waals surface area (Å²) < 4.78 is 1.85. The molecule has 1 N–H and O–H groups in total. The van der Waals surface area contributed by atoms with Crippen LogP contribution in [-0.4, -0.2) is 21.2 Å². The molecular weight excluding hydrogens is 446 g/mol. The third-order valence-electron chi connectivity index (χ3n) is 6.27. The summed E-state index contributed by atoms with van der Waals surface area (Å²) in [6, 6.07) is 35.2. The van der Waals surface area contributed by atoms with Crippen LogP contribution in [0.4, 0.5) is 0 Å². The maximum atomic E-state index is 13.8. The smallest absolute Gasteiger partial charge is 0.198 e. The van der Waals surface area contributed by atoms with Gasteiger partial charge in [0.1, 0.15) is 5.75 Å². The van der Waals surface area contributed by atoms with Crippen molar-refractivity contribution in [2.45, 2.75) is 13.3 Å². The van der Waals surface area contributed by atoms with Gasteiger partial charge in [-0.25, -0.2) is 0 Å². The van der Waals surface area contributed by atoms with Crippen molar-refractivity contribution in [3.63, 3.8) is 0 Å². The molecule has 4 nitrogen and oxygen atoms in total. The zero-order chi connectivity index (χ0) is 25.1. The first-order valence-electron chi connectivity index (χ1n) is 11.8. The minimum absolute atomic E-state index is 0.0639. The zero-order valence-corrected chi connectivity index (χ0v) is 19.9. The topological polar surface area (TPSA) is 59.3 Å². The normalized spacial score (nSPS) is 10.8. The fourth-order valence-electron chi connectivity index (χ4n) is 4.45. The number of ketones is 2. The molecule has 36 heavy (non-hydrogen) atoms. The van der Waals surface area contributed by atoms with Gasteiger partial charge in [-0.05, 0) is 24.6 Å². The van der Waals surface area contributed by atoms with Crippen LogP contribution in [0.5, 0.6) is 5.75 Å². The number of nitrogens with zero attached hydrogens (tertiary/aromatic N) is 1. The van der Waals surface area contributed by atoms with E-state index in [2.05, 4.69) is 0 Å². The number of aromatic hydroxyl groups is 1. The number of hydrogen-bond acceptors (Lipinski definition) is 3. The van der Waals surface area contributed by atoms with Crippen LogP contribution in [0.3, 0.4) is 0 Å². The van der Waals surface area contributed by atoms with Gasteiger partial charge in [0.25, 0.3) is 0 Å². The third kappa shape index (κ3) is 4.37. The summed E-state index contributed by atoms with van der Waals surface area (Å²) in [6.45, 7) is 2.00. The van der Waals surface area contributed by atoms with Gasteiger partial charge in [-0.15, -0.1) is 0 Å². The van der Waals surface area contributed by atoms with Crippen molar-refractivity contribution in [2.75, 3.05) is 0 Å². The van der Waals surface area contributed by atoms with Crippen LogP contribution in [0.2, 0.25) is 0 Å².